The predicted octanol–water partition coefficient (Wildman–Crippen LogP) is 6.09. The molecule has 1 aliphatic heterocycles. The van der Waals surface area contributed by atoms with Gasteiger partial charge in [-0.15, -0.1) is 0 Å². The van der Waals surface area contributed by atoms with Crippen LogP contribution >= 0.6 is 0 Å². The van der Waals surface area contributed by atoms with Gasteiger partial charge < -0.3 is 9.47 Å². The average Bonchev–Trinajstić information content (AvgIpc) is 3.33. The summed E-state index contributed by atoms with van der Waals surface area (Å²) in [4.78, 5) is 0. The number of aryl methyl sites for hydroxylation is 1. The highest BCUT2D eigenvalue weighted by atomic mass is 16.6. The van der Waals surface area contributed by atoms with Crippen molar-refractivity contribution in [2.75, 3.05) is 13.2 Å². The summed E-state index contributed by atoms with van der Waals surface area (Å²) in [6, 6.07) is 8.52. The minimum absolute atomic E-state index is 0.0416. The Morgan fingerprint density at radius 1 is 1.08 bits per heavy atom. The van der Waals surface area contributed by atoms with Crippen molar-refractivity contribution >= 4 is 0 Å². The molecule has 1 atom stereocenters. The van der Waals surface area contributed by atoms with Crippen molar-refractivity contribution in [2.45, 2.75) is 77.2 Å². The van der Waals surface area contributed by atoms with Gasteiger partial charge in [0.25, 0.3) is 0 Å². The Morgan fingerprint density at radius 2 is 1.83 bits per heavy atom. The van der Waals surface area contributed by atoms with Crippen molar-refractivity contribution in [1.29, 1.82) is 0 Å². The maximum Gasteiger partial charge on any atom is 0.123 e. The van der Waals surface area contributed by atoms with Crippen LogP contribution in [0.3, 0.4) is 0 Å². The minimum atomic E-state index is -0.0416. The van der Waals surface area contributed by atoms with Crippen molar-refractivity contribution in [3.8, 4) is 5.75 Å². The van der Waals surface area contributed by atoms with Gasteiger partial charge in [-0.3, -0.25) is 0 Å². The molecule has 134 valence electrons. The molecule has 0 saturated carbocycles. The summed E-state index contributed by atoms with van der Waals surface area (Å²) in [5.74, 6) is 0.972. The Balaban J connectivity index is 1.54. The molecule has 1 aromatic carbocycles. The zero-order valence-electron chi connectivity index (χ0n) is 15.6. The standard InChI is InChI=1S/C22H34O2/c1-3-4-5-6-7-8-9-10-11-12-14-20-15-13-16-21(17-20)23-18-22(2)19-24-22/h7-8,13,15-17H,3-6,9-12,14,18-19H2,1-2H3/b8-7+. The van der Waals surface area contributed by atoms with Crippen LogP contribution < -0.4 is 4.74 Å². The summed E-state index contributed by atoms with van der Waals surface area (Å²) < 4.78 is 11.2. The van der Waals surface area contributed by atoms with E-state index >= 15 is 0 Å². The number of ether oxygens (including phenoxy) is 2. The van der Waals surface area contributed by atoms with E-state index in [0.717, 1.165) is 18.8 Å². The Bertz CT molecular complexity index is 488. The van der Waals surface area contributed by atoms with E-state index < -0.39 is 0 Å². The number of hydrogen-bond donors (Lipinski definition) is 0. The first-order chi connectivity index (χ1) is 11.7. The van der Waals surface area contributed by atoms with Crippen molar-refractivity contribution < 1.29 is 9.47 Å². The minimum Gasteiger partial charge on any atom is -0.490 e. The van der Waals surface area contributed by atoms with Gasteiger partial charge in [-0.1, -0.05) is 50.5 Å². The Kier molecular flexibility index (Phi) is 8.38. The molecule has 2 rings (SSSR count). The maximum absolute atomic E-state index is 5.84. The molecule has 2 nitrogen and oxygen atoms in total. The average molecular weight is 331 g/mol. The number of unbranched alkanes of at least 4 members (excludes halogenated alkanes) is 6. The highest BCUT2D eigenvalue weighted by Gasteiger charge is 2.40. The fourth-order valence-electron chi connectivity index (χ4n) is 2.75. The number of epoxide rings is 1. The smallest absolute Gasteiger partial charge is 0.123 e. The van der Waals surface area contributed by atoms with Gasteiger partial charge in [-0.25, -0.2) is 0 Å². The van der Waals surface area contributed by atoms with Gasteiger partial charge in [-0.05, 0) is 63.1 Å². The third-order valence-electron chi connectivity index (χ3n) is 4.56. The molecule has 1 saturated heterocycles. The van der Waals surface area contributed by atoms with Crippen molar-refractivity contribution in [3.05, 3.63) is 42.0 Å². The monoisotopic (exact) mass is 330 g/mol. The number of allylic oxidation sites excluding steroid dienone is 2. The van der Waals surface area contributed by atoms with Crippen LogP contribution in [0.5, 0.6) is 5.75 Å². The lowest BCUT2D eigenvalue weighted by molar-refractivity contribution is 0.202. The third kappa shape index (κ3) is 8.01. The first kappa shape index (κ1) is 19.1. The molecule has 0 aliphatic carbocycles. The lowest BCUT2D eigenvalue weighted by atomic mass is 10.1. The van der Waals surface area contributed by atoms with Gasteiger partial charge in [0.15, 0.2) is 0 Å². The van der Waals surface area contributed by atoms with Crippen LogP contribution in [0, 0.1) is 0 Å². The van der Waals surface area contributed by atoms with Gasteiger partial charge in [0.05, 0.1) is 6.61 Å². The first-order valence-corrected chi connectivity index (χ1v) is 9.72. The summed E-state index contributed by atoms with van der Waals surface area (Å²) in [7, 11) is 0. The Labute approximate surface area is 148 Å². The van der Waals surface area contributed by atoms with Gasteiger partial charge in [0, 0.05) is 0 Å². The van der Waals surface area contributed by atoms with Crippen LogP contribution in [0.25, 0.3) is 0 Å². The molecule has 0 spiro atoms. The molecule has 0 amide bonds. The van der Waals surface area contributed by atoms with Crippen LogP contribution in [-0.4, -0.2) is 18.8 Å². The van der Waals surface area contributed by atoms with E-state index in [1.165, 1.54) is 56.9 Å². The molecule has 1 aromatic rings. The highest BCUT2D eigenvalue weighted by molar-refractivity contribution is 5.28. The van der Waals surface area contributed by atoms with Crippen molar-refractivity contribution in [1.82, 2.24) is 0 Å². The lowest BCUT2D eigenvalue weighted by Crippen LogP contribution is -2.16. The molecule has 0 aromatic heterocycles. The number of rotatable bonds is 13. The molecular formula is C22H34O2. The topological polar surface area (TPSA) is 21.8 Å². The molecule has 24 heavy (non-hydrogen) atoms. The van der Waals surface area contributed by atoms with E-state index in [1.807, 2.05) is 6.07 Å². The van der Waals surface area contributed by atoms with E-state index in [-0.39, 0.29) is 5.60 Å². The zero-order chi connectivity index (χ0) is 17.1. The normalized spacial score (nSPS) is 19.8. The molecule has 2 heteroatoms. The molecule has 1 heterocycles. The van der Waals surface area contributed by atoms with Gasteiger partial charge in [-0.2, -0.15) is 0 Å². The van der Waals surface area contributed by atoms with E-state index in [2.05, 4.69) is 44.2 Å². The van der Waals surface area contributed by atoms with E-state index in [9.17, 15) is 0 Å². The molecule has 0 bridgehead atoms. The van der Waals surface area contributed by atoms with E-state index in [4.69, 9.17) is 9.47 Å². The summed E-state index contributed by atoms with van der Waals surface area (Å²) in [6.45, 7) is 5.82. The zero-order valence-corrected chi connectivity index (χ0v) is 15.6. The number of benzene rings is 1. The molecule has 1 aliphatic rings. The molecule has 0 radical (unpaired) electrons. The van der Waals surface area contributed by atoms with Crippen LogP contribution in [0.2, 0.25) is 0 Å². The molecule has 1 unspecified atom stereocenters. The lowest BCUT2D eigenvalue weighted by Gasteiger charge is -2.10. The summed E-state index contributed by atoms with van der Waals surface area (Å²) in [5, 5.41) is 0. The predicted molar refractivity (Wildman–Crippen MR) is 102 cm³/mol. The fourth-order valence-corrected chi connectivity index (χ4v) is 2.75. The van der Waals surface area contributed by atoms with Gasteiger partial charge in [0.1, 0.15) is 18.0 Å². The summed E-state index contributed by atoms with van der Waals surface area (Å²) in [6.07, 6.45) is 16.2. The fraction of sp³-hybridized carbons (Fsp3) is 0.636. The second-order valence-corrected chi connectivity index (χ2v) is 7.24. The maximum atomic E-state index is 5.84. The third-order valence-corrected chi connectivity index (χ3v) is 4.56. The van der Waals surface area contributed by atoms with Crippen molar-refractivity contribution in [2.24, 2.45) is 0 Å². The van der Waals surface area contributed by atoms with Crippen molar-refractivity contribution in [3.63, 3.8) is 0 Å². The van der Waals surface area contributed by atoms with E-state index in [1.54, 1.807) is 0 Å². The largest absolute Gasteiger partial charge is 0.490 e. The SMILES string of the molecule is CCCCC/C=C/CCCCCc1cccc(OCC2(C)CO2)c1. The first-order valence-electron chi connectivity index (χ1n) is 9.72. The summed E-state index contributed by atoms with van der Waals surface area (Å²) >= 11 is 0. The van der Waals surface area contributed by atoms with Gasteiger partial charge in [0.2, 0.25) is 0 Å². The highest BCUT2D eigenvalue weighted by Crippen LogP contribution is 2.27. The Morgan fingerprint density at radius 3 is 2.54 bits per heavy atom. The molecule has 0 N–H and O–H groups in total. The second kappa shape index (κ2) is 10.6. The number of hydrogen-bond acceptors (Lipinski definition) is 2. The quantitative estimate of drug-likeness (QED) is 0.248. The Hall–Kier alpha value is -1.28. The van der Waals surface area contributed by atoms with Crippen LogP contribution in [0.4, 0.5) is 0 Å². The van der Waals surface area contributed by atoms with Gasteiger partial charge >= 0.3 is 0 Å². The second-order valence-electron chi connectivity index (χ2n) is 7.24. The van der Waals surface area contributed by atoms with E-state index in [0.29, 0.717) is 6.61 Å². The van der Waals surface area contributed by atoms with Crippen LogP contribution in [0.15, 0.2) is 36.4 Å². The molecular weight excluding hydrogens is 296 g/mol. The van der Waals surface area contributed by atoms with Crippen LogP contribution in [0.1, 0.15) is 70.8 Å². The van der Waals surface area contributed by atoms with Crippen LogP contribution in [-0.2, 0) is 11.2 Å². The summed E-state index contributed by atoms with van der Waals surface area (Å²) in [5.41, 5.74) is 1.34. The molecule has 1 fully saturated rings.